The van der Waals surface area contributed by atoms with Crippen molar-refractivity contribution in [2.24, 2.45) is 0 Å². The van der Waals surface area contributed by atoms with Gasteiger partial charge in [-0.1, -0.05) is 11.6 Å². The summed E-state index contributed by atoms with van der Waals surface area (Å²) in [7, 11) is 1.38. The Morgan fingerprint density at radius 1 is 1.14 bits per heavy atom. The Hall–Kier alpha value is -3.13. The highest BCUT2D eigenvalue weighted by molar-refractivity contribution is 6.32. The third kappa shape index (κ3) is 2.95. The third-order valence-electron chi connectivity index (χ3n) is 4.41. The summed E-state index contributed by atoms with van der Waals surface area (Å²) < 4.78 is 35.6. The van der Waals surface area contributed by atoms with Crippen LogP contribution in [0.5, 0.6) is 17.2 Å². The first-order valence-electron chi connectivity index (χ1n) is 8.19. The van der Waals surface area contributed by atoms with Crippen LogP contribution in [0.3, 0.4) is 0 Å². The maximum absolute atomic E-state index is 12.9. The van der Waals surface area contributed by atoms with Crippen molar-refractivity contribution in [2.45, 2.75) is 13.5 Å². The van der Waals surface area contributed by atoms with E-state index in [2.05, 4.69) is 19.9 Å². The Kier molecular flexibility index (Phi) is 4.43. The molecule has 4 rings (SSSR count). The maximum atomic E-state index is 12.9. The molecule has 0 atom stereocenters. The number of hydrogen-bond acceptors (Lipinski definition) is 5. The van der Waals surface area contributed by atoms with Crippen LogP contribution in [-0.2, 0) is 0 Å². The molecule has 0 amide bonds. The van der Waals surface area contributed by atoms with E-state index in [0.29, 0.717) is 27.7 Å². The first kappa shape index (κ1) is 18.2. The molecule has 2 heterocycles. The van der Waals surface area contributed by atoms with Gasteiger partial charge in [-0.3, -0.25) is 5.10 Å². The van der Waals surface area contributed by atoms with Crippen LogP contribution in [0.1, 0.15) is 5.69 Å². The van der Waals surface area contributed by atoms with Crippen LogP contribution in [0.4, 0.5) is 8.78 Å². The quantitative estimate of drug-likeness (QED) is 0.496. The van der Waals surface area contributed by atoms with Gasteiger partial charge >= 0.3 is 6.61 Å². The fraction of sp³-hybridized carbons (Fsp3) is 0.158. The fourth-order valence-corrected chi connectivity index (χ4v) is 3.35. The van der Waals surface area contributed by atoms with Gasteiger partial charge in [0.2, 0.25) is 0 Å². The number of ether oxygens (including phenoxy) is 2. The number of H-pyrrole nitrogens is 1. The Labute approximate surface area is 162 Å². The summed E-state index contributed by atoms with van der Waals surface area (Å²) in [6.45, 7) is -1.17. The molecule has 28 heavy (non-hydrogen) atoms. The van der Waals surface area contributed by atoms with Gasteiger partial charge in [0.05, 0.1) is 17.8 Å². The molecule has 0 aliphatic carbocycles. The number of hydrogen-bond donors (Lipinski definition) is 2. The van der Waals surface area contributed by atoms with E-state index in [9.17, 15) is 13.9 Å². The molecule has 0 radical (unpaired) electrons. The molecule has 2 aromatic carbocycles. The number of aromatic hydroxyl groups is 1. The molecular weight excluding hydrogens is 392 g/mol. The highest BCUT2D eigenvalue weighted by atomic mass is 35.5. The number of pyridine rings is 1. The van der Waals surface area contributed by atoms with Gasteiger partial charge in [0.25, 0.3) is 0 Å². The minimum Gasteiger partial charge on any atom is -0.506 e. The number of aromatic amines is 1. The Balaban J connectivity index is 2.11. The molecule has 0 saturated heterocycles. The molecule has 2 aromatic heterocycles. The number of nitrogens with zero attached hydrogens (tertiary/aromatic N) is 2. The van der Waals surface area contributed by atoms with Crippen LogP contribution in [0.2, 0.25) is 5.02 Å². The number of benzene rings is 2. The largest absolute Gasteiger partial charge is 0.506 e. The zero-order valence-electron chi connectivity index (χ0n) is 14.8. The molecule has 0 aliphatic heterocycles. The Morgan fingerprint density at radius 3 is 2.57 bits per heavy atom. The van der Waals surface area contributed by atoms with Crippen molar-refractivity contribution < 1.29 is 23.4 Å². The van der Waals surface area contributed by atoms with Gasteiger partial charge in [0.15, 0.2) is 17.1 Å². The molecule has 6 nitrogen and oxygen atoms in total. The summed E-state index contributed by atoms with van der Waals surface area (Å²) >= 11 is 6.04. The van der Waals surface area contributed by atoms with Crippen LogP contribution in [0.15, 0.2) is 30.3 Å². The van der Waals surface area contributed by atoms with Crippen LogP contribution in [-0.4, -0.2) is 34.0 Å². The van der Waals surface area contributed by atoms with E-state index < -0.39 is 6.61 Å². The molecule has 2 N–H and O–H groups in total. The summed E-state index contributed by atoms with van der Waals surface area (Å²) in [6.07, 6.45) is 0. The van der Waals surface area contributed by atoms with Crippen LogP contribution < -0.4 is 9.47 Å². The molecule has 0 unspecified atom stereocenters. The van der Waals surface area contributed by atoms with Gasteiger partial charge < -0.3 is 14.6 Å². The highest BCUT2D eigenvalue weighted by Gasteiger charge is 2.20. The second-order valence-electron chi connectivity index (χ2n) is 6.10. The third-order valence-corrected chi connectivity index (χ3v) is 4.71. The molecule has 0 aliphatic rings. The van der Waals surface area contributed by atoms with E-state index >= 15 is 0 Å². The van der Waals surface area contributed by atoms with Gasteiger partial charge in [-0.2, -0.15) is 13.9 Å². The number of aryl methyl sites for hydroxylation is 1. The second kappa shape index (κ2) is 6.79. The normalized spacial score (nSPS) is 11.5. The average Bonchev–Trinajstić information content (AvgIpc) is 3.03. The van der Waals surface area contributed by atoms with E-state index in [0.717, 1.165) is 11.1 Å². The molecular formula is C19H14ClF2N3O3. The minimum atomic E-state index is -3.01. The minimum absolute atomic E-state index is 0.0743. The molecule has 0 bridgehead atoms. The summed E-state index contributed by atoms with van der Waals surface area (Å²) in [5.74, 6) is -0.0242. The zero-order valence-corrected chi connectivity index (χ0v) is 15.5. The van der Waals surface area contributed by atoms with Crippen LogP contribution in [0.25, 0.3) is 33.1 Å². The van der Waals surface area contributed by atoms with E-state index in [1.807, 2.05) is 6.92 Å². The molecule has 0 fully saturated rings. The number of nitrogens with one attached hydrogen (secondary N) is 1. The maximum Gasteiger partial charge on any atom is 0.387 e. The monoisotopic (exact) mass is 405 g/mol. The van der Waals surface area contributed by atoms with Gasteiger partial charge in [-0.25, -0.2) is 4.98 Å². The van der Waals surface area contributed by atoms with Crippen LogP contribution in [0, 0.1) is 6.92 Å². The number of methoxy groups -OCH3 is 1. The highest BCUT2D eigenvalue weighted by Crippen LogP contribution is 2.41. The SMILES string of the molecule is COc1cc2c(cc1OC(F)F)c(-c1ccc(O)c(Cl)c1)nc1n[nH]c(C)c12. The van der Waals surface area contributed by atoms with Gasteiger partial charge in [-0.05, 0) is 37.3 Å². The summed E-state index contributed by atoms with van der Waals surface area (Å²) in [5, 5.41) is 18.9. The van der Waals surface area contributed by atoms with E-state index in [1.54, 1.807) is 18.2 Å². The van der Waals surface area contributed by atoms with Crippen LogP contribution >= 0.6 is 11.6 Å². The lowest BCUT2D eigenvalue weighted by atomic mass is 10.00. The lowest BCUT2D eigenvalue weighted by molar-refractivity contribution is -0.0511. The molecule has 4 aromatic rings. The first-order valence-corrected chi connectivity index (χ1v) is 8.57. The Bertz CT molecular complexity index is 1210. The van der Waals surface area contributed by atoms with Gasteiger partial charge in [0, 0.05) is 27.4 Å². The predicted molar refractivity (Wildman–Crippen MR) is 101 cm³/mol. The standard InChI is InChI=1S/C19H14ClF2N3O3/c1-8-16-10-6-14(27-2)15(28-19(21)22)7-11(10)17(23-18(16)25-24-8)9-3-4-13(26)12(20)5-9/h3-7,19,26H,1-2H3,(H,23,24,25). The second-order valence-corrected chi connectivity index (χ2v) is 6.51. The number of rotatable bonds is 4. The van der Waals surface area contributed by atoms with Crippen molar-refractivity contribution in [2.75, 3.05) is 7.11 Å². The number of halogens is 3. The number of phenolic OH excluding ortho intramolecular Hbond substituents is 1. The number of aromatic nitrogens is 3. The van der Waals surface area contributed by atoms with Gasteiger partial charge in [0.1, 0.15) is 5.75 Å². The number of fused-ring (bicyclic) bond motifs is 3. The van der Waals surface area contributed by atoms with Crippen molar-refractivity contribution in [3.8, 4) is 28.5 Å². The lowest BCUT2D eigenvalue weighted by Gasteiger charge is -2.14. The van der Waals surface area contributed by atoms with E-state index in [4.69, 9.17) is 16.3 Å². The fourth-order valence-electron chi connectivity index (χ4n) is 3.17. The first-order chi connectivity index (χ1) is 13.4. The average molecular weight is 406 g/mol. The van der Waals surface area contributed by atoms with Crippen molar-refractivity contribution in [3.05, 3.63) is 41.0 Å². The number of phenols is 1. The predicted octanol–water partition coefficient (Wildman–Crippen LogP) is 5.06. The molecule has 0 saturated carbocycles. The summed E-state index contributed by atoms with van der Waals surface area (Å²) in [5.41, 5.74) is 2.27. The van der Waals surface area contributed by atoms with Crippen molar-refractivity contribution in [1.82, 2.24) is 15.2 Å². The zero-order chi connectivity index (χ0) is 20.0. The Morgan fingerprint density at radius 2 is 1.89 bits per heavy atom. The molecule has 144 valence electrons. The summed E-state index contributed by atoms with van der Waals surface area (Å²) in [4.78, 5) is 4.57. The number of alkyl halides is 2. The van der Waals surface area contributed by atoms with Crippen molar-refractivity contribution >= 4 is 33.4 Å². The summed E-state index contributed by atoms with van der Waals surface area (Å²) in [6, 6.07) is 7.68. The van der Waals surface area contributed by atoms with Gasteiger partial charge in [-0.15, -0.1) is 0 Å². The smallest absolute Gasteiger partial charge is 0.387 e. The van der Waals surface area contributed by atoms with Crippen molar-refractivity contribution in [3.63, 3.8) is 0 Å². The lowest BCUT2D eigenvalue weighted by Crippen LogP contribution is -2.04. The van der Waals surface area contributed by atoms with E-state index in [-0.39, 0.29) is 22.3 Å². The topological polar surface area (TPSA) is 80.3 Å². The molecule has 9 heteroatoms. The molecule has 0 spiro atoms. The van der Waals surface area contributed by atoms with Crippen molar-refractivity contribution in [1.29, 1.82) is 0 Å². The van der Waals surface area contributed by atoms with E-state index in [1.165, 1.54) is 19.2 Å².